The molecule has 0 aromatic heterocycles. The van der Waals surface area contributed by atoms with Crippen molar-refractivity contribution in [3.63, 3.8) is 0 Å². The SMILES string of the molecule is CCCCOC(=O)c1ccccc1NC(=O)C(=O)Nc1cc(OC)ccc1OC. The van der Waals surface area contributed by atoms with Crippen molar-refractivity contribution in [2.45, 2.75) is 19.8 Å². The number of benzene rings is 2. The van der Waals surface area contributed by atoms with Crippen LogP contribution < -0.4 is 20.1 Å². The third-order valence-corrected chi connectivity index (χ3v) is 3.99. The average molecular weight is 400 g/mol. The second-order valence-electron chi connectivity index (χ2n) is 6.01. The summed E-state index contributed by atoms with van der Waals surface area (Å²) in [7, 11) is 2.93. The van der Waals surface area contributed by atoms with E-state index in [0.717, 1.165) is 12.8 Å². The first kappa shape index (κ1) is 21.7. The number of carbonyl (C=O) groups excluding carboxylic acids is 3. The Morgan fingerprint density at radius 3 is 2.24 bits per heavy atom. The highest BCUT2D eigenvalue weighted by molar-refractivity contribution is 6.44. The number of esters is 1. The molecule has 0 aliphatic rings. The molecule has 0 unspecified atom stereocenters. The molecule has 0 heterocycles. The van der Waals surface area contributed by atoms with E-state index in [1.807, 2.05) is 6.92 Å². The van der Waals surface area contributed by atoms with Gasteiger partial charge in [0.05, 0.1) is 37.8 Å². The van der Waals surface area contributed by atoms with Crippen LogP contribution in [0, 0.1) is 0 Å². The smallest absolute Gasteiger partial charge is 0.340 e. The lowest BCUT2D eigenvalue weighted by atomic mass is 10.1. The number of nitrogens with one attached hydrogen (secondary N) is 2. The highest BCUT2D eigenvalue weighted by Gasteiger charge is 2.20. The van der Waals surface area contributed by atoms with Crippen molar-refractivity contribution in [1.82, 2.24) is 0 Å². The van der Waals surface area contributed by atoms with Gasteiger partial charge in [0, 0.05) is 6.07 Å². The minimum absolute atomic E-state index is 0.170. The van der Waals surface area contributed by atoms with Crippen molar-refractivity contribution < 1.29 is 28.6 Å². The lowest BCUT2D eigenvalue weighted by Crippen LogP contribution is -2.30. The van der Waals surface area contributed by atoms with Crippen molar-refractivity contribution in [1.29, 1.82) is 0 Å². The molecule has 0 aliphatic heterocycles. The minimum Gasteiger partial charge on any atom is -0.497 e. The van der Waals surface area contributed by atoms with E-state index in [2.05, 4.69) is 10.6 Å². The van der Waals surface area contributed by atoms with Gasteiger partial charge in [-0.25, -0.2) is 4.79 Å². The standard InChI is InChI=1S/C21H24N2O6/c1-4-5-12-29-21(26)15-8-6-7-9-16(15)22-19(24)20(25)23-17-13-14(27-2)10-11-18(17)28-3/h6-11,13H,4-5,12H2,1-3H3,(H,22,24)(H,23,25). The van der Waals surface area contributed by atoms with E-state index in [1.54, 1.807) is 24.3 Å². The summed E-state index contributed by atoms with van der Waals surface area (Å²) in [6.07, 6.45) is 1.63. The molecule has 0 atom stereocenters. The van der Waals surface area contributed by atoms with E-state index >= 15 is 0 Å². The fourth-order valence-electron chi connectivity index (χ4n) is 2.43. The predicted molar refractivity (Wildman–Crippen MR) is 108 cm³/mol. The van der Waals surface area contributed by atoms with Crippen LogP contribution >= 0.6 is 0 Å². The molecular formula is C21H24N2O6. The molecule has 0 saturated heterocycles. The van der Waals surface area contributed by atoms with Crippen LogP contribution in [0.2, 0.25) is 0 Å². The minimum atomic E-state index is -0.941. The van der Waals surface area contributed by atoms with Crippen LogP contribution in [0.1, 0.15) is 30.1 Å². The van der Waals surface area contributed by atoms with E-state index in [1.165, 1.54) is 32.4 Å². The number of hydrogen-bond donors (Lipinski definition) is 2. The molecular weight excluding hydrogens is 376 g/mol. The molecule has 2 amide bonds. The molecule has 2 aromatic carbocycles. The van der Waals surface area contributed by atoms with Crippen molar-refractivity contribution in [3.05, 3.63) is 48.0 Å². The largest absolute Gasteiger partial charge is 0.497 e. The van der Waals surface area contributed by atoms with Gasteiger partial charge in [-0.15, -0.1) is 0 Å². The highest BCUT2D eigenvalue weighted by atomic mass is 16.5. The van der Waals surface area contributed by atoms with Gasteiger partial charge in [0.1, 0.15) is 11.5 Å². The van der Waals surface area contributed by atoms with Crippen LogP contribution in [0.5, 0.6) is 11.5 Å². The Labute approximate surface area is 169 Å². The van der Waals surface area contributed by atoms with Crippen LogP contribution in [0.4, 0.5) is 11.4 Å². The summed E-state index contributed by atoms with van der Waals surface area (Å²) in [4.78, 5) is 36.9. The van der Waals surface area contributed by atoms with Gasteiger partial charge in [-0.1, -0.05) is 25.5 Å². The summed E-state index contributed by atoms with van der Waals surface area (Å²) in [6, 6.07) is 11.1. The molecule has 8 nitrogen and oxygen atoms in total. The molecule has 0 spiro atoms. The number of anilines is 2. The van der Waals surface area contributed by atoms with Gasteiger partial charge in [-0.3, -0.25) is 9.59 Å². The maximum absolute atomic E-state index is 12.4. The number of unbranched alkanes of at least 4 members (excludes halogenated alkanes) is 1. The van der Waals surface area contributed by atoms with Gasteiger partial charge < -0.3 is 24.8 Å². The molecule has 2 rings (SSSR count). The van der Waals surface area contributed by atoms with Crippen LogP contribution in [0.25, 0.3) is 0 Å². The van der Waals surface area contributed by atoms with Gasteiger partial charge in [-0.05, 0) is 30.7 Å². The normalized spacial score (nSPS) is 10.0. The molecule has 154 valence electrons. The zero-order valence-electron chi connectivity index (χ0n) is 16.6. The number of para-hydroxylation sites is 1. The van der Waals surface area contributed by atoms with Crippen molar-refractivity contribution in [2.24, 2.45) is 0 Å². The Morgan fingerprint density at radius 1 is 0.897 bits per heavy atom. The third-order valence-electron chi connectivity index (χ3n) is 3.99. The molecule has 0 aliphatic carbocycles. The zero-order valence-corrected chi connectivity index (χ0v) is 16.6. The van der Waals surface area contributed by atoms with Gasteiger partial charge in [0.2, 0.25) is 0 Å². The van der Waals surface area contributed by atoms with Gasteiger partial charge in [-0.2, -0.15) is 0 Å². The van der Waals surface area contributed by atoms with Crippen molar-refractivity contribution in [3.8, 4) is 11.5 Å². The number of hydrogen-bond acceptors (Lipinski definition) is 6. The summed E-state index contributed by atoms with van der Waals surface area (Å²) in [5, 5.41) is 4.92. The Hall–Kier alpha value is -3.55. The Balaban J connectivity index is 2.11. The van der Waals surface area contributed by atoms with Gasteiger partial charge in [0.25, 0.3) is 0 Å². The summed E-state index contributed by atoms with van der Waals surface area (Å²) < 4.78 is 15.5. The second kappa shape index (κ2) is 10.7. The number of methoxy groups -OCH3 is 2. The molecule has 0 saturated carbocycles. The quantitative estimate of drug-likeness (QED) is 0.401. The Kier molecular flexibility index (Phi) is 8.02. The number of ether oxygens (including phenoxy) is 3. The van der Waals surface area contributed by atoms with Crippen molar-refractivity contribution >= 4 is 29.2 Å². The lowest BCUT2D eigenvalue weighted by Gasteiger charge is -2.13. The predicted octanol–water partition coefficient (Wildman–Crippen LogP) is 3.24. The molecule has 29 heavy (non-hydrogen) atoms. The van der Waals surface area contributed by atoms with Gasteiger partial charge >= 0.3 is 17.8 Å². The van der Waals surface area contributed by atoms with Crippen LogP contribution in [-0.4, -0.2) is 38.6 Å². The first-order valence-corrected chi connectivity index (χ1v) is 9.10. The fourth-order valence-corrected chi connectivity index (χ4v) is 2.43. The topological polar surface area (TPSA) is 103 Å². The first-order valence-electron chi connectivity index (χ1n) is 9.10. The monoisotopic (exact) mass is 400 g/mol. The first-order chi connectivity index (χ1) is 14.0. The number of rotatable bonds is 8. The maximum atomic E-state index is 12.4. The summed E-state index contributed by atoms with van der Waals surface area (Å²) in [6.45, 7) is 2.27. The Bertz CT molecular complexity index is 881. The zero-order chi connectivity index (χ0) is 21.2. The number of amides is 2. The summed E-state index contributed by atoms with van der Waals surface area (Å²) >= 11 is 0. The van der Waals surface area contributed by atoms with E-state index < -0.39 is 17.8 Å². The molecule has 8 heteroatoms. The number of carbonyl (C=O) groups is 3. The maximum Gasteiger partial charge on any atom is 0.340 e. The summed E-state index contributed by atoms with van der Waals surface area (Å²) in [5.74, 6) is -1.58. The highest BCUT2D eigenvalue weighted by Crippen LogP contribution is 2.29. The lowest BCUT2D eigenvalue weighted by molar-refractivity contribution is -0.133. The molecule has 2 aromatic rings. The third kappa shape index (κ3) is 5.97. The second-order valence-corrected chi connectivity index (χ2v) is 6.01. The van der Waals surface area contributed by atoms with Gasteiger partial charge in [0.15, 0.2) is 0 Å². The fraction of sp³-hybridized carbons (Fsp3) is 0.286. The van der Waals surface area contributed by atoms with E-state index in [9.17, 15) is 14.4 Å². The molecule has 0 bridgehead atoms. The van der Waals surface area contributed by atoms with E-state index in [0.29, 0.717) is 11.5 Å². The van der Waals surface area contributed by atoms with E-state index in [-0.39, 0.29) is 23.5 Å². The summed E-state index contributed by atoms with van der Waals surface area (Å²) in [5.41, 5.74) is 0.634. The average Bonchev–Trinajstić information content (AvgIpc) is 2.74. The molecule has 2 N–H and O–H groups in total. The van der Waals surface area contributed by atoms with Crippen LogP contribution in [0.3, 0.4) is 0 Å². The molecule has 0 radical (unpaired) electrons. The molecule has 0 fully saturated rings. The van der Waals surface area contributed by atoms with E-state index in [4.69, 9.17) is 14.2 Å². The van der Waals surface area contributed by atoms with Crippen molar-refractivity contribution in [2.75, 3.05) is 31.5 Å². The van der Waals surface area contributed by atoms with Crippen LogP contribution in [0.15, 0.2) is 42.5 Å². The van der Waals surface area contributed by atoms with Crippen LogP contribution in [-0.2, 0) is 14.3 Å². The Morgan fingerprint density at radius 2 is 1.59 bits per heavy atom.